The molecular weight excluding hydrogens is 356 g/mol. The van der Waals surface area contributed by atoms with Crippen molar-refractivity contribution in [2.24, 2.45) is 0 Å². The van der Waals surface area contributed by atoms with Crippen LogP contribution in [0.4, 0.5) is 11.6 Å². The smallest absolute Gasteiger partial charge is 0.172 e. The first-order chi connectivity index (χ1) is 13.6. The van der Waals surface area contributed by atoms with Crippen LogP contribution in [-0.2, 0) is 11.3 Å². The van der Waals surface area contributed by atoms with Gasteiger partial charge in [-0.25, -0.2) is 9.97 Å². The van der Waals surface area contributed by atoms with Crippen LogP contribution < -0.4 is 15.0 Å². The Balaban J connectivity index is 1.93. The van der Waals surface area contributed by atoms with E-state index in [1.54, 1.807) is 37.6 Å². The number of aromatic nitrogens is 2. The minimum absolute atomic E-state index is 0.146. The predicted molar refractivity (Wildman–Crippen MR) is 109 cm³/mol. The topological polar surface area (TPSA) is 87.6 Å². The summed E-state index contributed by atoms with van der Waals surface area (Å²) in [5, 5.41) is 12.5. The van der Waals surface area contributed by atoms with Crippen molar-refractivity contribution in [2.75, 3.05) is 30.9 Å². The van der Waals surface area contributed by atoms with Crippen molar-refractivity contribution in [3.05, 3.63) is 60.3 Å². The van der Waals surface area contributed by atoms with Crippen molar-refractivity contribution in [3.8, 4) is 22.8 Å². The first-order valence-corrected chi connectivity index (χ1v) is 8.78. The van der Waals surface area contributed by atoms with Crippen molar-refractivity contribution in [2.45, 2.75) is 6.54 Å². The SMILES string of the molecule is COc1cccc(CN(C)c2nc(-c3ccc(O)cc3)cnc2NCC=O)c1. The number of nitrogens with zero attached hydrogens (tertiary/aromatic N) is 3. The van der Waals surface area contributed by atoms with Gasteiger partial charge in [0.05, 0.1) is 25.5 Å². The number of aromatic hydroxyl groups is 1. The number of methoxy groups -OCH3 is 1. The van der Waals surface area contributed by atoms with Gasteiger partial charge in [0.15, 0.2) is 11.6 Å². The molecule has 144 valence electrons. The average Bonchev–Trinajstić information content (AvgIpc) is 2.73. The van der Waals surface area contributed by atoms with Crippen LogP contribution in [0.5, 0.6) is 11.5 Å². The van der Waals surface area contributed by atoms with Crippen molar-refractivity contribution >= 4 is 17.9 Å². The normalized spacial score (nSPS) is 10.4. The van der Waals surface area contributed by atoms with Gasteiger partial charge in [0.2, 0.25) is 0 Å². The Bertz CT molecular complexity index is 945. The zero-order valence-corrected chi connectivity index (χ0v) is 15.8. The molecule has 3 rings (SSSR count). The Kier molecular flexibility index (Phi) is 6.06. The number of phenols is 1. The number of carbonyl (C=O) groups is 1. The summed E-state index contributed by atoms with van der Waals surface area (Å²) in [5.41, 5.74) is 2.56. The summed E-state index contributed by atoms with van der Waals surface area (Å²) >= 11 is 0. The summed E-state index contributed by atoms with van der Waals surface area (Å²) in [6, 6.07) is 14.6. The molecule has 1 heterocycles. The largest absolute Gasteiger partial charge is 0.508 e. The van der Waals surface area contributed by atoms with Crippen LogP contribution in [0.1, 0.15) is 5.56 Å². The molecule has 2 aromatic carbocycles. The van der Waals surface area contributed by atoms with E-state index >= 15 is 0 Å². The Labute approximate surface area is 163 Å². The molecule has 0 atom stereocenters. The highest BCUT2D eigenvalue weighted by molar-refractivity contribution is 5.70. The lowest BCUT2D eigenvalue weighted by Gasteiger charge is -2.22. The third-order valence-corrected chi connectivity index (χ3v) is 4.19. The fourth-order valence-electron chi connectivity index (χ4n) is 2.80. The predicted octanol–water partition coefficient (Wildman–Crippen LogP) is 3.11. The highest BCUT2D eigenvalue weighted by Gasteiger charge is 2.14. The number of hydrogen-bond acceptors (Lipinski definition) is 7. The Morgan fingerprint density at radius 2 is 2.00 bits per heavy atom. The van der Waals surface area contributed by atoms with Crippen LogP contribution in [0, 0.1) is 0 Å². The Morgan fingerprint density at radius 3 is 2.71 bits per heavy atom. The fraction of sp³-hybridized carbons (Fsp3) is 0.190. The number of benzene rings is 2. The number of anilines is 2. The van der Waals surface area contributed by atoms with E-state index in [-0.39, 0.29) is 12.3 Å². The lowest BCUT2D eigenvalue weighted by Crippen LogP contribution is -2.21. The van der Waals surface area contributed by atoms with E-state index in [0.717, 1.165) is 23.2 Å². The maximum atomic E-state index is 10.8. The first-order valence-electron chi connectivity index (χ1n) is 8.78. The van der Waals surface area contributed by atoms with Gasteiger partial charge in [-0.2, -0.15) is 0 Å². The molecule has 0 fully saturated rings. The van der Waals surface area contributed by atoms with E-state index in [9.17, 15) is 9.90 Å². The van der Waals surface area contributed by atoms with Crippen LogP contribution in [0.2, 0.25) is 0 Å². The number of ether oxygens (including phenoxy) is 1. The second kappa shape index (κ2) is 8.85. The summed E-state index contributed by atoms with van der Waals surface area (Å²) in [6.07, 6.45) is 2.42. The van der Waals surface area contributed by atoms with Gasteiger partial charge in [-0.3, -0.25) is 0 Å². The highest BCUT2D eigenvalue weighted by atomic mass is 16.5. The van der Waals surface area contributed by atoms with E-state index in [4.69, 9.17) is 9.72 Å². The number of carbonyl (C=O) groups excluding carboxylic acids is 1. The lowest BCUT2D eigenvalue weighted by atomic mass is 10.1. The fourth-order valence-corrected chi connectivity index (χ4v) is 2.80. The molecule has 0 unspecified atom stereocenters. The molecule has 0 aliphatic heterocycles. The molecule has 7 nitrogen and oxygen atoms in total. The van der Waals surface area contributed by atoms with E-state index in [1.165, 1.54) is 0 Å². The standard InChI is InChI=1S/C21H22N4O3/c1-25(14-15-4-3-5-18(12-15)28-2)21-20(22-10-11-26)23-13-19(24-21)16-6-8-17(27)9-7-16/h3-9,11-13,27H,10,14H2,1-2H3,(H,22,23). The molecule has 3 aromatic rings. The maximum absolute atomic E-state index is 10.8. The minimum Gasteiger partial charge on any atom is -0.508 e. The zero-order valence-electron chi connectivity index (χ0n) is 15.8. The lowest BCUT2D eigenvalue weighted by molar-refractivity contribution is -0.106. The third kappa shape index (κ3) is 4.56. The second-order valence-electron chi connectivity index (χ2n) is 6.23. The Hall–Kier alpha value is -3.61. The summed E-state index contributed by atoms with van der Waals surface area (Å²) < 4.78 is 5.29. The van der Waals surface area contributed by atoms with Gasteiger partial charge in [-0.05, 0) is 42.0 Å². The molecule has 0 spiro atoms. The molecule has 0 aliphatic carbocycles. The second-order valence-corrected chi connectivity index (χ2v) is 6.23. The van der Waals surface area contributed by atoms with Gasteiger partial charge < -0.3 is 24.9 Å². The van der Waals surface area contributed by atoms with Crippen molar-refractivity contribution < 1.29 is 14.6 Å². The van der Waals surface area contributed by atoms with E-state index < -0.39 is 0 Å². The van der Waals surface area contributed by atoms with Gasteiger partial charge in [-0.15, -0.1) is 0 Å². The van der Waals surface area contributed by atoms with Crippen LogP contribution >= 0.6 is 0 Å². The maximum Gasteiger partial charge on any atom is 0.172 e. The number of hydrogen-bond donors (Lipinski definition) is 2. The number of nitrogens with one attached hydrogen (secondary N) is 1. The van der Waals surface area contributed by atoms with Crippen LogP contribution in [0.15, 0.2) is 54.7 Å². The highest BCUT2D eigenvalue weighted by Crippen LogP contribution is 2.27. The molecule has 0 aliphatic rings. The van der Waals surface area contributed by atoms with Crippen molar-refractivity contribution in [1.82, 2.24) is 9.97 Å². The summed E-state index contributed by atoms with van der Waals surface area (Å²) in [6.45, 7) is 0.730. The molecule has 0 radical (unpaired) electrons. The number of phenolic OH excluding ortho intramolecular Hbond substituents is 1. The molecule has 28 heavy (non-hydrogen) atoms. The van der Waals surface area contributed by atoms with E-state index in [2.05, 4.69) is 10.3 Å². The van der Waals surface area contributed by atoms with E-state index in [1.807, 2.05) is 36.2 Å². The van der Waals surface area contributed by atoms with E-state index in [0.29, 0.717) is 23.9 Å². The van der Waals surface area contributed by atoms with Gasteiger partial charge in [-0.1, -0.05) is 12.1 Å². The number of aldehydes is 1. The molecule has 1 aromatic heterocycles. The zero-order chi connectivity index (χ0) is 19.9. The monoisotopic (exact) mass is 378 g/mol. The summed E-state index contributed by atoms with van der Waals surface area (Å²) in [5.74, 6) is 2.13. The minimum atomic E-state index is 0.146. The Morgan fingerprint density at radius 1 is 1.21 bits per heavy atom. The quantitative estimate of drug-likeness (QED) is 0.582. The van der Waals surface area contributed by atoms with Gasteiger partial charge >= 0.3 is 0 Å². The van der Waals surface area contributed by atoms with Crippen molar-refractivity contribution in [3.63, 3.8) is 0 Å². The summed E-state index contributed by atoms with van der Waals surface area (Å²) in [7, 11) is 3.55. The molecule has 0 saturated carbocycles. The first kappa shape index (κ1) is 19.2. The van der Waals surface area contributed by atoms with Crippen LogP contribution in [-0.4, -0.2) is 42.1 Å². The van der Waals surface area contributed by atoms with Crippen LogP contribution in [0.3, 0.4) is 0 Å². The summed E-state index contributed by atoms with van der Waals surface area (Å²) in [4.78, 5) is 21.9. The van der Waals surface area contributed by atoms with Gasteiger partial charge in [0, 0.05) is 19.2 Å². The van der Waals surface area contributed by atoms with Crippen LogP contribution in [0.25, 0.3) is 11.3 Å². The molecular formula is C21H22N4O3. The molecule has 7 heteroatoms. The molecule has 2 N–H and O–H groups in total. The van der Waals surface area contributed by atoms with Gasteiger partial charge in [0.1, 0.15) is 17.8 Å². The third-order valence-electron chi connectivity index (χ3n) is 4.19. The molecule has 0 bridgehead atoms. The average molecular weight is 378 g/mol. The van der Waals surface area contributed by atoms with Gasteiger partial charge in [0.25, 0.3) is 0 Å². The van der Waals surface area contributed by atoms with Crippen molar-refractivity contribution in [1.29, 1.82) is 0 Å². The number of rotatable bonds is 8. The molecule has 0 amide bonds. The molecule has 0 saturated heterocycles.